The van der Waals surface area contributed by atoms with Crippen LogP contribution in [0.25, 0.3) is 0 Å². The second-order valence-electron chi connectivity index (χ2n) is 4.41. The summed E-state index contributed by atoms with van der Waals surface area (Å²) in [7, 11) is 0. The quantitative estimate of drug-likeness (QED) is 0.860. The molecule has 6 heteroatoms. The molecule has 2 atom stereocenters. The number of hydrogen-bond donors (Lipinski definition) is 1. The lowest BCUT2D eigenvalue weighted by Gasteiger charge is -2.37. The molecule has 2 N–H and O–H groups in total. The first kappa shape index (κ1) is 13.5. The highest BCUT2D eigenvalue weighted by atomic mass is 35.5. The summed E-state index contributed by atoms with van der Waals surface area (Å²) in [6, 6.07) is 1.80. The summed E-state index contributed by atoms with van der Waals surface area (Å²) < 4.78 is 0. The van der Waals surface area contributed by atoms with Crippen molar-refractivity contribution in [1.29, 1.82) is 0 Å². The molecule has 1 aromatic heterocycles. The number of amides is 1. The third-order valence-corrected chi connectivity index (χ3v) is 4.90. The Bertz CT molecular complexity index is 469. The third-order valence-electron chi connectivity index (χ3n) is 3.26. The van der Waals surface area contributed by atoms with Crippen LogP contribution in [-0.4, -0.2) is 39.4 Å². The monoisotopic (exact) mass is 285 g/mol. The Kier molecular flexibility index (Phi) is 4.02. The molecule has 1 fully saturated rings. The Morgan fingerprint density at radius 1 is 1.61 bits per heavy atom. The molecule has 1 aromatic rings. The van der Waals surface area contributed by atoms with Gasteiger partial charge in [-0.1, -0.05) is 18.5 Å². The summed E-state index contributed by atoms with van der Waals surface area (Å²) in [6.45, 7) is 4.97. The fourth-order valence-corrected chi connectivity index (χ4v) is 3.22. The molecule has 18 heavy (non-hydrogen) atoms. The number of hydrogen-bond acceptors (Lipinski definition) is 4. The summed E-state index contributed by atoms with van der Waals surface area (Å²) in [5.74, 6) is 1.20. The molecule has 2 heterocycles. The minimum absolute atomic E-state index is 0.0240. The number of rotatable bonds is 1. The zero-order valence-electron chi connectivity index (χ0n) is 10.4. The number of nitrogens with zero attached hydrogens (tertiary/aromatic N) is 2. The van der Waals surface area contributed by atoms with E-state index < -0.39 is 0 Å². The van der Waals surface area contributed by atoms with E-state index in [1.807, 2.05) is 16.7 Å². The summed E-state index contributed by atoms with van der Waals surface area (Å²) in [5, 5.41) is 0.771. The minimum atomic E-state index is -0.0240. The highest BCUT2D eigenvalue weighted by Gasteiger charge is 2.29. The summed E-state index contributed by atoms with van der Waals surface area (Å²) in [4.78, 5) is 18.2. The fraction of sp³-hybridized carbons (Fsp3) is 0.500. The summed E-state index contributed by atoms with van der Waals surface area (Å²) in [6.07, 6.45) is 1.49. The molecule has 0 aliphatic carbocycles. The zero-order valence-corrected chi connectivity index (χ0v) is 12.0. The molecular weight excluding hydrogens is 270 g/mol. The van der Waals surface area contributed by atoms with Crippen LogP contribution in [0.5, 0.6) is 0 Å². The number of halogens is 1. The smallest absolute Gasteiger partial charge is 0.255 e. The van der Waals surface area contributed by atoms with E-state index in [1.165, 1.54) is 6.20 Å². The maximum Gasteiger partial charge on any atom is 0.255 e. The van der Waals surface area contributed by atoms with Gasteiger partial charge in [-0.3, -0.25) is 4.79 Å². The van der Waals surface area contributed by atoms with Gasteiger partial charge in [0.05, 0.1) is 10.6 Å². The van der Waals surface area contributed by atoms with Crippen molar-refractivity contribution in [3.05, 3.63) is 22.8 Å². The van der Waals surface area contributed by atoms with Gasteiger partial charge in [-0.25, -0.2) is 4.98 Å². The van der Waals surface area contributed by atoms with Crippen molar-refractivity contribution in [1.82, 2.24) is 9.88 Å². The van der Waals surface area contributed by atoms with E-state index in [9.17, 15) is 4.79 Å². The standard InChI is InChI=1S/C12H16ClN3OS/c1-7-8(2)18-4-3-16(7)12(17)9-5-10(13)11(14)15-6-9/h5-8H,3-4H2,1-2H3,(H2,14,15). The summed E-state index contributed by atoms with van der Waals surface area (Å²) >= 11 is 7.79. The maximum atomic E-state index is 12.4. The fourth-order valence-electron chi connectivity index (χ4n) is 1.95. The molecule has 2 rings (SSSR count). The second-order valence-corrected chi connectivity index (χ2v) is 6.30. The average molecular weight is 286 g/mol. The highest BCUT2D eigenvalue weighted by molar-refractivity contribution is 8.00. The predicted octanol–water partition coefficient (Wildman–Crippen LogP) is 2.28. The van der Waals surface area contributed by atoms with Crippen molar-refractivity contribution in [3.8, 4) is 0 Å². The number of pyridine rings is 1. The molecule has 0 aromatic carbocycles. The molecule has 4 nitrogen and oxygen atoms in total. The van der Waals surface area contributed by atoms with Gasteiger partial charge in [0.15, 0.2) is 0 Å². The molecule has 1 aliphatic rings. The van der Waals surface area contributed by atoms with Crippen molar-refractivity contribution >= 4 is 35.1 Å². The van der Waals surface area contributed by atoms with Gasteiger partial charge in [-0.2, -0.15) is 11.8 Å². The number of anilines is 1. The zero-order chi connectivity index (χ0) is 13.3. The highest BCUT2D eigenvalue weighted by Crippen LogP contribution is 2.26. The van der Waals surface area contributed by atoms with Crippen LogP contribution in [0, 0.1) is 0 Å². The van der Waals surface area contributed by atoms with Gasteiger partial charge in [-0.05, 0) is 13.0 Å². The Morgan fingerprint density at radius 2 is 2.33 bits per heavy atom. The van der Waals surface area contributed by atoms with Crippen LogP contribution < -0.4 is 5.73 Å². The van der Waals surface area contributed by atoms with Crippen molar-refractivity contribution in [2.45, 2.75) is 25.1 Å². The Labute approximate surface area is 116 Å². The van der Waals surface area contributed by atoms with Crippen molar-refractivity contribution in [3.63, 3.8) is 0 Å². The van der Waals surface area contributed by atoms with Crippen LogP contribution in [0.15, 0.2) is 12.3 Å². The molecule has 0 saturated carbocycles. The van der Waals surface area contributed by atoms with Gasteiger partial charge in [0, 0.05) is 29.8 Å². The number of carbonyl (C=O) groups excluding carboxylic acids is 1. The molecular formula is C12H16ClN3OS. The van der Waals surface area contributed by atoms with Crippen LogP contribution in [0.2, 0.25) is 5.02 Å². The molecule has 2 unspecified atom stereocenters. The van der Waals surface area contributed by atoms with E-state index in [-0.39, 0.29) is 17.8 Å². The second kappa shape index (κ2) is 5.36. The molecule has 1 aliphatic heterocycles. The minimum Gasteiger partial charge on any atom is -0.382 e. The molecule has 0 spiro atoms. The predicted molar refractivity (Wildman–Crippen MR) is 76.1 cm³/mol. The van der Waals surface area contributed by atoms with Crippen LogP contribution in [0.3, 0.4) is 0 Å². The molecule has 0 radical (unpaired) electrons. The van der Waals surface area contributed by atoms with Crippen LogP contribution in [0.1, 0.15) is 24.2 Å². The normalized spacial score (nSPS) is 24.1. The van der Waals surface area contributed by atoms with Gasteiger partial charge >= 0.3 is 0 Å². The van der Waals surface area contributed by atoms with Gasteiger partial charge < -0.3 is 10.6 Å². The topological polar surface area (TPSA) is 59.2 Å². The van der Waals surface area contributed by atoms with E-state index in [1.54, 1.807) is 6.07 Å². The maximum absolute atomic E-state index is 12.4. The van der Waals surface area contributed by atoms with Gasteiger partial charge in [0.2, 0.25) is 0 Å². The molecule has 98 valence electrons. The number of nitrogens with two attached hydrogens (primary N) is 1. The van der Waals surface area contributed by atoms with Crippen molar-refractivity contribution in [2.75, 3.05) is 18.0 Å². The number of thioether (sulfide) groups is 1. The third kappa shape index (κ3) is 2.57. The Hall–Kier alpha value is -0.940. The lowest BCUT2D eigenvalue weighted by atomic mass is 10.1. The number of carbonyl (C=O) groups is 1. The van der Waals surface area contributed by atoms with Crippen molar-refractivity contribution in [2.24, 2.45) is 0 Å². The van der Waals surface area contributed by atoms with Crippen molar-refractivity contribution < 1.29 is 4.79 Å². The van der Waals surface area contributed by atoms with Gasteiger partial charge in [0.25, 0.3) is 5.91 Å². The molecule has 1 saturated heterocycles. The largest absolute Gasteiger partial charge is 0.382 e. The van der Waals surface area contributed by atoms with E-state index in [0.717, 1.165) is 12.3 Å². The van der Waals surface area contributed by atoms with Crippen LogP contribution in [-0.2, 0) is 0 Å². The van der Waals surface area contributed by atoms with Gasteiger partial charge in [-0.15, -0.1) is 0 Å². The first-order valence-electron chi connectivity index (χ1n) is 5.84. The SMILES string of the molecule is CC1SCCN(C(=O)c2cnc(N)c(Cl)c2)C1C. The van der Waals surface area contributed by atoms with E-state index >= 15 is 0 Å². The Balaban J connectivity index is 2.22. The van der Waals surface area contributed by atoms with Crippen LogP contribution in [0.4, 0.5) is 5.82 Å². The first-order valence-corrected chi connectivity index (χ1v) is 7.27. The average Bonchev–Trinajstić information content (AvgIpc) is 2.35. The lowest BCUT2D eigenvalue weighted by molar-refractivity contribution is 0.0698. The summed E-state index contributed by atoms with van der Waals surface area (Å²) in [5.41, 5.74) is 6.05. The lowest BCUT2D eigenvalue weighted by Crippen LogP contribution is -2.48. The first-order chi connectivity index (χ1) is 8.50. The van der Waals surface area contributed by atoms with E-state index in [0.29, 0.717) is 15.8 Å². The molecule has 0 bridgehead atoms. The number of nitrogen functional groups attached to an aromatic ring is 1. The van der Waals surface area contributed by atoms with Crippen LogP contribution >= 0.6 is 23.4 Å². The Morgan fingerprint density at radius 3 is 3.00 bits per heavy atom. The van der Waals surface area contributed by atoms with Gasteiger partial charge in [0.1, 0.15) is 5.82 Å². The molecule has 1 amide bonds. The van der Waals surface area contributed by atoms with E-state index in [2.05, 4.69) is 18.8 Å². The van der Waals surface area contributed by atoms with E-state index in [4.69, 9.17) is 17.3 Å². The number of aromatic nitrogens is 1.